The standard InChI is InChI=1S/C7H16IN3O2/c1-7(2,3)13-4-5(9)6(12)10-11-8/h5,11H,4,9H2,1-3H3,(H,10,12)/t5-/m0/s1. The molecule has 4 N–H and O–H groups in total. The second kappa shape index (κ2) is 5.74. The lowest BCUT2D eigenvalue weighted by atomic mass is 10.2. The van der Waals surface area contributed by atoms with Gasteiger partial charge in [0.1, 0.15) is 6.04 Å². The number of ether oxygens (including phenoxy) is 1. The first-order valence-corrected chi connectivity index (χ1v) is 4.99. The minimum Gasteiger partial charge on any atom is -0.374 e. The summed E-state index contributed by atoms with van der Waals surface area (Å²) in [6.45, 7) is 5.95. The second-order valence-corrected chi connectivity index (χ2v) is 4.15. The van der Waals surface area contributed by atoms with E-state index in [0.717, 1.165) is 0 Å². The van der Waals surface area contributed by atoms with E-state index in [4.69, 9.17) is 10.5 Å². The highest BCUT2D eigenvalue weighted by Crippen LogP contribution is 2.06. The summed E-state index contributed by atoms with van der Waals surface area (Å²) < 4.78 is 7.82. The maximum atomic E-state index is 11.1. The van der Waals surface area contributed by atoms with Crippen LogP contribution in [0.4, 0.5) is 0 Å². The predicted molar refractivity (Wildman–Crippen MR) is 59.0 cm³/mol. The van der Waals surface area contributed by atoms with E-state index >= 15 is 0 Å². The van der Waals surface area contributed by atoms with Gasteiger partial charge in [0.25, 0.3) is 5.91 Å². The van der Waals surface area contributed by atoms with Crippen molar-refractivity contribution in [1.82, 2.24) is 9.06 Å². The number of hydrogen-bond acceptors (Lipinski definition) is 4. The van der Waals surface area contributed by atoms with Gasteiger partial charge >= 0.3 is 0 Å². The molecule has 0 aromatic carbocycles. The van der Waals surface area contributed by atoms with E-state index in [1.807, 2.05) is 20.8 Å². The van der Waals surface area contributed by atoms with Crippen LogP contribution in [0, 0.1) is 0 Å². The van der Waals surface area contributed by atoms with E-state index in [2.05, 4.69) is 9.06 Å². The van der Waals surface area contributed by atoms with Crippen LogP contribution in [0.5, 0.6) is 0 Å². The van der Waals surface area contributed by atoms with Gasteiger partial charge in [-0.2, -0.15) is 3.64 Å². The molecule has 0 rings (SSSR count). The number of carbonyl (C=O) groups excluding carboxylic acids is 1. The maximum absolute atomic E-state index is 11.1. The lowest BCUT2D eigenvalue weighted by molar-refractivity contribution is -0.125. The summed E-state index contributed by atoms with van der Waals surface area (Å²) >= 11 is 1.80. The molecule has 0 aromatic heterocycles. The van der Waals surface area contributed by atoms with Crippen LogP contribution in [0.25, 0.3) is 0 Å². The van der Waals surface area contributed by atoms with Crippen molar-refractivity contribution in [3.8, 4) is 0 Å². The highest BCUT2D eigenvalue weighted by molar-refractivity contribution is 14.1. The van der Waals surface area contributed by atoms with Gasteiger partial charge in [-0.3, -0.25) is 10.2 Å². The van der Waals surface area contributed by atoms with E-state index in [9.17, 15) is 4.79 Å². The van der Waals surface area contributed by atoms with Gasteiger partial charge in [-0.15, -0.1) is 0 Å². The lowest BCUT2D eigenvalue weighted by Crippen LogP contribution is -2.47. The Morgan fingerprint density at radius 1 is 1.62 bits per heavy atom. The van der Waals surface area contributed by atoms with Crippen molar-refractivity contribution in [2.45, 2.75) is 32.4 Å². The van der Waals surface area contributed by atoms with Crippen molar-refractivity contribution in [3.63, 3.8) is 0 Å². The zero-order valence-electron chi connectivity index (χ0n) is 8.06. The van der Waals surface area contributed by atoms with Crippen LogP contribution in [-0.2, 0) is 9.53 Å². The van der Waals surface area contributed by atoms with Crippen molar-refractivity contribution >= 4 is 28.8 Å². The van der Waals surface area contributed by atoms with Gasteiger partial charge in [-0.05, 0) is 20.8 Å². The molecular weight excluding hydrogens is 285 g/mol. The van der Waals surface area contributed by atoms with Crippen LogP contribution >= 0.6 is 22.9 Å². The molecule has 78 valence electrons. The Morgan fingerprint density at radius 3 is 2.54 bits per heavy atom. The highest BCUT2D eigenvalue weighted by Gasteiger charge is 2.17. The largest absolute Gasteiger partial charge is 0.374 e. The molecule has 0 bridgehead atoms. The first-order chi connectivity index (χ1) is 5.87. The van der Waals surface area contributed by atoms with Crippen LogP contribution in [0.15, 0.2) is 0 Å². The maximum Gasteiger partial charge on any atom is 0.254 e. The molecule has 0 aliphatic heterocycles. The molecule has 1 atom stereocenters. The van der Waals surface area contributed by atoms with E-state index in [-0.39, 0.29) is 18.1 Å². The Hall–Kier alpha value is 0.0800. The predicted octanol–water partition coefficient (Wildman–Crippen LogP) is 0.0996. The fourth-order valence-electron chi connectivity index (χ4n) is 0.555. The lowest BCUT2D eigenvalue weighted by Gasteiger charge is -2.21. The van der Waals surface area contributed by atoms with Crippen molar-refractivity contribution in [1.29, 1.82) is 0 Å². The topological polar surface area (TPSA) is 76.4 Å². The fraction of sp³-hybridized carbons (Fsp3) is 0.857. The van der Waals surface area contributed by atoms with E-state index in [1.165, 1.54) is 0 Å². The van der Waals surface area contributed by atoms with Gasteiger partial charge in [-0.25, -0.2) is 0 Å². The Balaban J connectivity index is 3.74. The summed E-state index contributed by atoms with van der Waals surface area (Å²) in [5, 5.41) is 0. The van der Waals surface area contributed by atoms with Gasteiger partial charge in [0.2, 0.25) is 0 Å². The van der Waals surface area contributed by atoms with Crippen LogP contribution in [-0.4, -0.2) is 24.2 Å². The van der Waals surface area contributed by atoms with E-state index < -0.39 is 6.04 Å². The van der Waals surface area contributed by atoms with Crippen LogP contribution < -0.4 is 14.8 Å². The molecule has 0 aliphatic carbocycles. The molecule has 1 amide bonds. The molecular formula is C7H16IN3O2. The number of nitrogens with two attached hydrogens (primary N) is 1. The second-order valence-electron chi connectivity index (χ2n) is 3.61. The molecule has 0 unspecified atom stereocenters. The van der Waals surface area contributed by atoms with Crippen molar-refractivity contribution < 1.29 is 9.53 Å². The molecule has 0 fully saturated rings. The molecule has 0 spiro atoms. The Kier molecular flexibility index (Phi) is 5.77. The van der Waals surface area contributed by atoms with Crippen molar-refractivity contribution in [2.24, 2.45) is 5.73 Å². The zero-order chi connectivity index (χ0) is 10.5. The molecule has 0 aliphatic rings. The molecule has 0 radical (unpaired) electrons. The molecule has 0 heterocycles. The number of carbonyl (C=O) groups is 1. The third-order valence-corrected chi connectivity index (χ3v) is 1.47. The zero-order valence-corrected chi connectivity index (χ0v) is 10.2. The molecule has 6 heteroatoms. The molecule has 0 saturated heterocycles. The Morgan fingerprint density at radius 2 is 2.15 bits per heavy atom. The number of amides is 1. The normalized spacial score (nSPS) is 13.9. The number of halogens is 1. The molecule has 13 heavy (non-hydrogen) atoms. The first-order valence-electron chi connectivity index (χ1n) is 3.92. The minimum absolute atomic E-state index is 0.216. The van der Waals surface area contributed by atoms with Crippen molar-refractivity contribution in [2.75, 3.05) is 6.61 Å². The average Bonchev–Trinajstić information content (AvgIpc) is 1.99. The first kappa shape index (κ1) is 13.1. The number of hydrazine groups is 1. The third kappa shape index (κ3) is 7.17. The van der Waals surface area contributed by atoms with E-state index in [1.54, 1.807) is 22.9 Å². The van der Waals surface area contributed by atoms with Gasteiger partial charge < -0.3 is 10.5 Å². The molecule has 0 aromatic rings. The number of rotatable bonds is 4. The Labute approximate surface area is 92.2 Å². The number of nitrogens with one attached hydrogen (secondary N) is 2. The third-order valence-electron chi connectivity index (χ3n) is 1.20. The molecule has 0 saturated carbocycles. The van der Waals surface area contributed by atoms with Crippen molar-refractivity contribution in [3.05, 3.63) is 0 Å². The summed E-state index contributed by atoms with van der Waals surface area (Å²) in [5.41, 5.74) is 7.64. The summed E-state index contributed by atoms with van der Waals surface area (Å²) in [4.78, 5) is 11.1. The summed E-state index contributed by atoms with van der Waals surface area (Å²) in [6, 6.07) is -0.638. The smallest absolute Gasteiger partial charge is 0.254 e. The minimum atomic E-state index is -0.638. The van der Waals surface area contributed by atoms with Crippen LogP contribution in [0.1, 0.15) is 20.8 Å². The summed E-state index contributed by atoms with van der Waals surface area (Å²) in [5.74, 6) is -0.279. The van der Waals surface area contributed by atoms with Gasteiger partial charge in [0.05, 0.1) is 12.2 Å². The van der Waals surface area contributed by atoms with Gasteiger partial charge in [0, 0.05) is 22.9 Å². The van der Waals surface area contributed by atoms with Gasteiger partial charge in [0.15, 0.2) is 0 Å². The monoisotopic (exact) mass is 301 g/mol. The highest BCUT2D eigenvalue weighted by atomic mass is 127. The SMILES string of the molecule is CC(C)(C)OC[C@H](N)C(=O)NNI. The van der Waals surface area contributed by atoms with Gasteiger partial charge in [-0.1, -0.05) is 0 Å². The summed E-state index contributed by atoms with van der Waals surface area (Å²) in [6.07, 6.45) is 0. The quantitative estimate of drug-likeness (QED) is 0.391. The van der Waals surface area contributed by atoms with E-state index in [0.29, 0.717) is 0 Å². The Bertz CT molecular complexity index is 170. The summed E-state index contributed by atoms with van der Waals surface area (Å²) in [7, 11) is 0. The van der Waals surface area contributed by atoms with Crippen LogP contribution in [0.2, 0.25) is 0 Å². The van der Waals surface area contributed by atoms with Crippen LogP contribution in [0.3, 0.4) is 0 Å². The fourth-order valence-corrected chi connectivity index (χ4v) is 0.821. The molecule has 5 nitrogen and oxygen atoms in total. The number of hydrogen-bond donors (Lipinski definition) is 3. The average molecular weight is 301 g/mol.